The molecule has 0 aliphatic carbocycles. The Hall–Kier alpha value is 0.503. The minimum absolute atomic E-state index is 0. The molecule has 0 amide bonds. The van der Waals surface area contributed by atoms with Crippen LogP contribution in [0.1, 0.15) is 6.92 Å². The predicted molar refractivity (Wildman–Crippen MR) is 32.4 cm³/mol. The standard InChI is InChI=1S/C2H4O2.Dy.6H2O/c1-2(3)4;;;;;;;/h1H3,(H,3,4);;6*1H2/q;+3;;;;;;/p-1. The molecule has 0 aliphatic rings. The van der Waals surface area contributed by atoms with Gasteiger partial charge in [0, 0.05) is 5.97 Å². The van der Waals surface area contributed by atoms with Gasteiger partial charge in [-0.3, -0.25) is 0 Å². The number of carboxylic acid groups (broad SMARTS) is 1. The van der Waals surface area contributed by atoms with Crippen LogP contribution in [0.25, 0.3) is 0 Å². The molecule has 1 radical (unpaired) electrons. The van der Waals surface area contributed by atoms with Crippen LogP contribution >= 0.6 is 0 Å². The zero-order chi connectivity index (χ0) is 3.58. The third kappa shape index (κ3) is 3000. The van der Waals surface area contributed by atoms with E-state index < -0.39 is 5.97 Å². The van der Waals surface area contributed by atoms with E-state index in [1.54, 1.807) is 0 Å². The summed E-state index contributed by atoms with van der Waals surface area (Å²) >= 11 is 0. The van der Waals surface area contributed by atoms with E-state index in [1.807, 2.05) is 0 Å². The Balaban J connectivity index is -0.00000000214. The van der Waals surface area contributed by atoms with Crippen molar-refractivity contribution in [2.45, 2.75) is 6.92 Å². The van der Waals surface area contributed by atoms with E-state index in [9.17, 15) is 0 Å². The van der Waals surface area contributed by atoms with E-state index in [0.29, 0.717) is 0 Å². The average molecular weight is 330 g/mol. The van der Waals surface area contributed by atoms with Gasteiger partial charge in [-0.15, -0.1) is 0 Å². The summed E-state index contributed by atoms with van der Waals surface area (Å²) in [6.07, 6.45) is 0. The number of hydrogen-bond donors (Lipinski definition) is 0. The zero-order valence-corrected chi connectivity index (χ0v) is 7.66. The molecule has 0 bridgehead atoms. The summed E-state index contributed by atoms with van der Waals surface area (Å²) in [4.78, 5) is 8.89. The zero-order valence-electron chi connectivity index (χ0n) is 5.63. The molecule has 0 saturated heterocycles. The summed E-state index contributed by atoms with van der Waals surface area (Å²) in [5.74, 6) is -1.08. The SMILES string of the molecule is CC(=O)[O-].O.O.O.O.O.O.[Dy+3]. The Morgan fingerprint density at radius 2 is 0.909 bits per heavy atom. The van der Waals surface area contributed by atoms with Gasteiger partial charge in [0.15, 0.2) is 0 Å². The first-order valence-electron chi connectivity index (χ1n) is 0.908. The van der Waals surface area contributed by atoms with Crippen LogP contribution in [-0.2, 0) is 4.79 Å². The molecular formula is C2H15DyO8+2. The molecule has 0 aliphatic heterocycles. The number of rotatable bonds is 0. The van der Waals surface area contributed by atoms with E-state index in [2.05, 4.69) is 0 Å². The number of hydrogen-bond acceptors (Lipinski definition) is 2. The second-order valence-electron chi connectivity index (χ2n) is 0.492. The number of carboxylic acids is 1. The van der Waals surface area contributed by atoms with Gasteiger partial charge in [-0.1, -0.05) is 0 Å². The molecule has 12 N–H and O–H groups in total. The number of carbonyl (C=O) groups excluding carboxylic acids is 1. The fourth-order valence-corrected chi connectivity index (χ4v) is 0. The Kier molecular flexibility index (Phi) is 727. The van der Waals surface area contributed by atoms with Gasteiger partial charge < -0.3 is 42.8 Å². The van der Waals surface area contributed by atoms with Gasteiger partial charge in [0.05, 0.1) is 0 Å². The van der Waals surface area contributed by atoms with Crippen molar-refractivity contribution in [1.82, 2.24) is 0 Å². The van der Waals surface area contributed by atoms with Crippen LogP contribution in [0.3, 0.4) is 0 Å². The summed E-state index contributed by atoms with van der Waals surface area (Å²) in [7, 11) is 0. The van der Waals surface area contributed by atoms with Gasteiger partial charge in [0.25, 0.3) is 0 Å². The molecule has 0 atom stereocenters. The Labute approximate surface area is 93.5 Å². The van der Waals surface area contributed by atoms with Crippen molar-refractivity contribution >= 4 is 5.97 Å². The second-order valence-corrected chi connectivity index (χ2v) is 0.492. The molecule has 11 heavy (non-hydrogen) atoms. The van der Waals surface area contributed by atoms with Gasteiger partial charge in [0.1, 0.15) is 0 Å². The summed E-state index contributed by atoms with van der Waals surface area (Å²) in [6.45, 7) is 0.972. The Bertz CT molecular complexity index is 35.1. The van der Waals surface area contributed by atoms with Crippen molar-refractivity contribution in [2.24, 2.45) is 0 Å². The maximum Gasteiger partial charge on any atom is 3.00 e. The van der Waals surface area contributed by atoms with E-state index in [0.717, 1.165) is 6.92 Å². The van der Waals surface area contributed by atoms with Crippen LogP contribution in [0.15, 0.2) is 0 Å². The molecule has 0 unspecified atom stereocenters. The summed E-state index contributed by atoms with van der Waals surface area (Å²) in [5, 5.41) is 8.89. The van der Waals surface area contributed by atoms with Crippen molar-refractivity contribution in [2.75, 3.05) is 0 Å². The predicted octanol–water partition coefficient (Wildman–Crippen LogP) is -6.19. The molecule has 9 heteroatoms. The molecule has 0 aromatic heterocycles. The van der Waals surface area contributed by atoms with Crippen molar-refractivity contribution in [3.8, 4) is 0 Å². The maximum atomic E-state index is 8.89. The van der Waals surface area contributed by atoms with Crippen LogP contribution < -0.4 is 5.11 Å². The summed E-state index contributed by atoms with van der Waals surface area (Å²) in [6, 6.07) is 0. The van der Waals surface area contributed by atoms with E-state index >= 15 is 0 Å². The van der Waals surface area contributed by atoms with E-state index in [4.69, 9.17) is 9.90 Å². The third-order valence-electron chi connectivity index (χ3n) is 0. The van der Waals surface area contributed by atoms with Crippen LogP contribution in [0.4, 0.5) is 0 Å². The molecule has 8 nitrogen and oxygen atoms in total. The Morgan fingerprint density at radius 1 is 0.909 bits per heavy atom. The molecule has 0 saturated carbocycles. The van der Waals surface area contributed by atoms with Crippen LogP contribution in [0, 0.1) is 38.2 Å². The molecule has 79 valence electrons. The first kappa shape index (κ1) is 103. The summed E-state index contributed by atoms with van der Waals surface area (Å²) in [5.41, 5.74) is 0. The average Bonchev–Trinajstić information content (AvgIpc) is 0.811. The number of carbonyl (C=O) groups is 1. The third-order valence-corrected chi connectivity index (χ3v) is 0. The maximum absolute atomic E-state index is 8.89. The van der Waals surface area contributed by atoms with E-state index in [1.165, 1.54) is 0 Å². The van der Waals surface area contributed by atoms with Gasteiger partial charge in [0.2, 0.25) is 0 Å². The molecule has 0 heterocycles. The summed E-state index contributed by atoms with van der Waals surface area (Å²) < 4.78 is 0. The number of aliphatic carboxylic acids is 1. The molecule has 0 aromatic rings. The van der Waals surface area contributed by atoms with Crippen molar-refractivity contribution in [3.05, 3.63) is 0 Å². The Morgan fingerprint density at radius 3 is 0.909 bits per heavy atom. The van der Waals surface area contributed by atoms with Crippen molar-refractivity contribution < 1.29 is 80.9 Å². The van der Waals surface area contributed by atoms with Crippen LogP contribution in [0.5, 0.6) is 0 Å². The van der Waals surface area contributed by atoms with Crippen LogP contribution in [0.2, 0.25) is 0 Å². The largest absolute Gasteiger partial charge is 3.00 e. The fraction of sp³-hybridized carbons (Fsp3) is 0.500. The topological polar surface area (TPSA) is 229 Å². The first-order chi connectivity index (χ1) is 1.73. The molecular weight excluding hydrogens is 315 g/mol. The smallest absolute Gasteiger partial charge is 0.550 e. The minimum atomic E-state index is -1.08. The van der Waals surface area contributed by atoms with Gasteiger partial charge >= 0.3 is 38.2 Å². The first-order valence-corrected chi connectivity index (χ1v) is 0.908. The van der Waals surface area contributed by atoms with Crippen molar-refractivity contribution in [1.29, 1.82) is 0 Å². The monoisotopic (exact) mass is 331 g/mol. The fourth-order valence-electron chi connectivity index (χ4n) is 0. The van der Waals surface area contributed by atoms with Gasteiger partial charge in [-0.05, 0) is 6.92 Å². The molecule has 0 fully saturated rings. The van der Waals surface area contributed by atoms with Gasteiger partial charge in [-0.2, -0.15) is 0 Å². The van der Waals surface area contributed by atoms with Crippen LogP contribution in [-0.4, -0.2) is 38.8 Å². The normalized spacial score (nSPS) is 2.27. The minimum Gasteiger partial charge on any atom is -0.550 e. The molecule has 0 rings (SSSR count). The molecule has 0 spiro atoms. The van der Waals surface area contributed by atoms with E-state index in [-0.39, 0.29) is 71.0 Å². The molecule has 0 aromatic carbocycles. The second kappa shape index (κ2) is 77.3. The van der Waals surface area contributed by atoms with Gasteiger partial charge in [-0.25, -0.2) is 0 Å². The quantitative estimate of drug-likeness (QED) is 0.422. The van der Waals surface area contributed by atoms with Crippen molar-refractivity contribution in [3.63, 3.8) is 0 Å².